The number of nitro benzene ring substituents is 1. The van der Waals surface area contributed by atoms with Gasteiger partial charge >= 0.3 is 0 Å². The molecule has 10 nitrogen and oxygen atoms in total. The zero-order chi connectivity index (χ0) is 24.8. The molecular weight excluding hydrogens is 455 g/mol. The normalized spacial score (nSPS) is 12.0. The predicted molar refractivity (Wildman–Crippen MR) is 120 cm³/mol. The molecule has 2 aromatic carbocycles. The lowest BCUT2D eigenvalue weighted by molar-refractivity contribution is -0.384. The molecule has 0 aromatic heterocycles. The highest BCUT2D eigenvalue weighted by atomic mass is 32.2. The van der Waals surface area contributed by atoms with Gasteiger partial charge < -0.3 is 10.2 Å². The van der Waals surface area contributed by atoms with Gasteiger partial charge in [0.25, 0.3) is 5.69 Å². The summed E-state index contributed by atoms with van der Waals surface area (Å²) in [6.07, 6.45) is 0.872. The molecule has 0 aliphatic carbocycles. The Morgan fingerprint density at radius 1 is 1.18 bits per heavy atom. The summed E-state index contributed by atoms with van der Waals surface area (Å²) >= 11 is 0. The first kappa shape index (κ1) is 25.7. The van der Waals surface area contributed by atoms with Gasteiger partial charge in [-0.2, -0.15) is 0 Å². The van der Waals surface area contributed by atoms with E-state index >= 15 is 0 Å². The second-order valence-corrected chi connectivity index (χ2v) is 9.17. The lowest BCUT2D eigenvalue weighted by Crippen LogP contribution is -2.51. The second kappa shape index (κ2) is 10.9. The summed E-state index contributed by atoms with van der Waals surface area (Å²) < 4.78 is 38.9. The molecule has 0 aliphatic heterocycles. The number of likely N-dealkylation sites (N-methyl/N-ethyl adjacent to an activating group) is 1. The average molecular weight is 481 g/mol. The molecule has 1 atom stereocenters. The van der Waals surface area contributed by atoms with Gasteiger partial charge in [0.1, 0.15) is 18.4 Å². The van der Waals surface area contributed by atoms with Crippen LogP contribution < -0.4 is 9.62 Å². The first-order valence-electron chi connectivity index (χ1n) is 9.97. The Morgan fingerprint density at radius 3 is 2.36 bits per heavy atom. The average Bonchev–Trinajstić information content (AvgIpc) is 2.75. The number of halogens is 1. The third-order valence-electron chi connectivity index (χ3n) is 4.79. The van der Waals surface area contributed by atoms with Gasteiger partial charge in [-0.3, -0.25) is 24.0 Å². The minimum absolute atomic E-state index is 0.0626. The van der Waals surface area contributed by atoms with Crippen molar-refractivity contribution in [2.45, 2.75) is 26.4 Å². The van der Waals surface area contributed by atoms with Crippen LogP contribution in [0.5, 0.6) is 0 Å². The molecule has 0 spiro atoms. The van der Waals surface area contributed by atoms with E-state index in [-0.39, 0.29) is 17.9 Å². The van der Waals surface area contributed by atoms with Crippen molar-refractivity contribution in [3.8, 4) is 0 Å². The Bertz CT molecular complexity index is 1120. The van der Waals surface area contributed by atoms with Crippen LogP contribution in [0.1, 0.15) is 19.4 Å². The Hall–Kier alpha value is -3.54. The summed E-state index contributed by atoms with van der Waals surface area (Å²) in [6, 6.07) is 9.25. The maximum absolute atomic E-state index is 13.3. The van der Waals surface area contributed by atoms with Gasteiger partial charge in [-0.05, 0) is 37.6 Å². The zero-order valence-corrected chi connectivity index (χ0v) is 19.2. The number of carbonyl (C=O) groups excluding carboxylic acids is 2. The number of anilines is 1. The molecule has 0 saturated heterocycles. The van der Waals surface area contributed by atoms with E-state index in [1.54, 1.807) is 6.92 Å². The van der Waals surface area contributed by atoms with Crippen molar-refractivity contribution >= 4 is 33.2 Å². The Balaban J connectivity index is 2.41. The molecule has 0 fully saturated rings. The molecule has 0 saturated carbocycles. The minimum atomic E-state index is -4.01. The van der Waals surface area contributed by atoms with E-state index in [9.17, 15) is 32.5 Å². The SMILES string of the molecule is CCNC(=O)[C@H](C)N(Cc1ccc(F)cc1)C(=O)CN(c1cccc([N+](=O)[O-])c1)S(C)(=O)=O. The largest absolute Gasteiger partial charge is 0.355 e. The number of nitro groups is 1. The van der Waals surface area contributed by atoms with Crippen LogP contribution in [0, 0.1) is 15.9 Å². The highest BCUT2D eigenvalue weighted by Gasteiger charge is 2.30. The summed E-state index contributed by atoms with van der Waals surface area (Å²) in [6.45, 7) is 2.76. The number of benzene rings is 2. The highest BCUT2D eigenvalue weighted by molar-refractivity contribution is 7.92. The minimum Gasteiger partial charge on any atom is -0.355 e. The van der Waals surface area contributed by atoms with E-state index in [0.717, 1.165) is 16.6 Å². The molecule has 2 aromatic rings. The molecule has 0 bridgehead atoms. The Morgan fingerprint density at radius 2 is 1.82 bits per heavy atom. The van der Waals surface area contributed by atoms with Crippen LogP contribution in [0.4, 0.5) is 15.8 Å². The number of rotatable bonds is 10. The quantitative estimate of drug-likeness (QED) is 0.409. The topological polar surface area (TPSA) is 130 Å². The number of carbonyl (C=O) groups is 2. The van der Waals surface area contributed by atoms with Gasteiger partial charge in [-0.25, -0.2) is 12.8 Å². The van der Waals surface area contributed by atoms with Crippen molar-refractivity contribution in [1.82, 2.24) is 10.2 Å². The summed E-state index contributed by atoms with van der Waals surface area (Å²) in [5.74, 6) is -1.63. The van der Waals surface area contributed by atoms with E-state index in [0.29, 0.717) is 12.1 Å². The molecule has 178 valence electrons. The van der Waals surface area contributed by atoms with E-state index in [1.165, 1.54) is 54.3 Å². The summed E-state index contributed by atoms with van der Waals surface area (Å²) in [4.78, 5) is 37.3. The van der Waals surface area contributed by atoms with Crippen molar-refractivity contribution in [3.05, 3.63) is 70.0 Å². The van der Waals surface area contributed by atoms with E-state index in [4.69, 9.17) is 0 Å². The number of nitrogens with zero attached hydrogens (tertiary/aromatic N) is 3. The lowest BCUT2D eigenvalue weighted by atomic mass is 10.1. The smallest absolute Gasteiger partial charge is 0.271 e. The monoisotopic (exact) mass is 480 g/mol. The van der Waals surface area contributed by atoms with E-state index in [1.807, 2.05) is 0 Å². The molecule has 33 heavy (non-hydrogen) atoms. The van der Waals surface area contributed by atoms with Gasteiger partial charge in [-0.15, -0.1) is 0 Å². The van der Waals surface area contributed by atoms with Crippen LogP contribution >= 0.6 is 0 Å². The fraction of sp³-hybridized carbons (Fsp3) is 0.333. The summed E-state index contributed by atoms with van der Waals surface area (Å²) in [5.41, 5.74) is 0.127. The van der Waals surface area contributed by atoms with Crippen LogP contribution in [-0.4, -0.2) is 55.4 Å². The Kier molecular flexibility index (Phi) is 8.46. The third kappa shape index (κ3) is 6.97. The zero-order valence-electron chi connectivity index (χ0n) is 18.4. The van der Waals surface area contributed by atoms with Gasteiger partial charge in [0.2, 0.25) is 21.8 Å². The van der Waals surface area contributed by atoms with Gasteiger partial charge in [0.15, 0.2) is 0 Å². The van der Waals surface area contributed by atoms with Gasteiger partial charge in [0.05, 0.1) is 16.9 Å². The van der Waals surface area contributed by atoms with Gasteiger partial charge in [0, 0.05) is 25.2 Å². The fourth-order valence-corrected chi connectivity index (χ4v) is 3.91. The van der Waals surface area contributed by atoms with Crippen LogP contribution in [0.25, 0.3) is 0 Å². The molecule has 0 aliphatic rings. The van der Waals surface area contributed by atoms with Gasteiger partial charge in [-0.1, -0.05) is 18.2 Å². The molecule has 2 rings (SSSR count). The summed E-state index contributed by atoms with van der Waals surface area (Å²) in [7, 11) is -4.01. The standard InChI is InChI=1S/C21H25FN4O6S/c1-4-23-21(28)15(2)24(13-16-8-10-17(22)11-9-16)20(27)14-25(33(3,31)32)18-6-5-7-19(12-18)26(29)30/h5-12,15H,4,13-14H2,1-3H3,(H,23,28)/t15-/m0/s1. The molecular formula is C21H25FN4O6S. The first-order chi connectivity index (χ1) is 15.4. The number of nitrogens with one attached hydrogen (secondary N) is 1. The number of sulfonamides is 1. The molecule has 12 heteroatoms. The fourth-order valence-electron chi connectivity index (χ4n) is 3.07. The van der Waals surface area contributed by atoms with E-state index < -0.39 is 45.2 Å². The maximum atomic E-state index is 13.3. The molecule has 1 N–H and O–H groups in total. The van der Waals surface area contributed by atoms with Crippen molar-refractivity contribution in [2.24, 2.45) is 0 Å². The van der Waals surface area contributed by atoms with Crippen molar-refractivity contribution in [2.75, 3.05) is 23.7 Å². The van der Waals surface area contributed by atoms with Crippen LogP contribution in [-0.2, 0) is 26.2 Å². The van der Waals surface area contributed by atoms with Crippen molar-refractivity contribution in [1.29, 1.82) is 0 Å². The number of hydrogen-bond donors (Lipinski definition) is 1. The van der Waals surface area contributed by atoms with Crippen molar-refractivity contribution in [3.63, 3.8) is 0 Å². The van der Waals surface area contributed by atoms with Crippen molar-refractivity contribution < 1.29 is 27.3 Å². The predicted octanol–water partition coefficient (Wildman–Crippen LogP) is 2.05. The third-order valence-corrected chi connectivity index (χ3v) is 5.93. The van der Waals surface area contributed by atoms with E-state index in [2.05, 4.69) is 5.32 Å². The molecule has 2 amide bonds. The lowest BCUT2D eigenvalue weighted by Gasteiger charge is -2.31. The van der Waals surface area contributed by atoms with Crippen LogP contribution in [0.3, 0.4) is 0 Å². The highest BCUT2D eigenvalue weighted by Crippen LogP contribution is 2.23. The molecule has 0 unspecified atom stereocenters. The van der Waals surface area contributed by atoms with Crippen LogP contribution in [0.15, 0.2) is 48.5 Å². The Labute approximate surface area is 191 Å². The second-order valence-electron chi connectivity index (χ2n) is 7.27. The molecule has 0 heterocycles. The molecule has 0 radical (unpaired) electrons. The van der Waals surface area contributed by atoms with Crippen LogP contribution in [0.2, 0.25) is 0 Å². The number of hydrogen-bond acceptors (Lipinski definition) is 6. The number of non-ortho nitro benzene ring substituents is 1. The summed E-state index contributed by atoms with van der Waals surface area (Å²) in [5, 5.41) is 13.7. The first-order valence-corrected chi connectivity index (χ1v) is 11.8. The maximum Gasteiger partial charge on any atom is 0.271 e. The number of amides is 2.